The zero-order chi connectivity index (χ0) is 19.5. The fraction of sp³-hybridized carbons (Fsp3) is 0.833. The topological polar surface area (TPSA) is 203 Å². The molecule has 140 valence electrons. The van der Waals surface area contributed by atoms with Gasteiger partial charge in [-0.15, -0.1) is 0 Å². The first-order chi connectivity index (χ1) is 9.83. The minimum Gasteiger partial charge on any atom is -0.370 e. The molecule has 0 aromatic carbocycles. The number of rotatable bonds is 2. The minimum absolute atomic E-state index is 0.171. The Morgan fingerprint density at radius 1 is 0.783 bits per heavy atom. The van der Waals surface area contributed by atoms with Crippen molar-refractivity contribution < 1.29 is 17.5 Å². The quantitative estimate of drug-likeness (QED) is 0.224. The number of guanidine groups is 2. The van der Waals surface area contributed by atoms with Gasteiger partial charge in [-0.3, -0.25) is 19.1 Å². The third kappa shape index (κ3) is 63.8. The number of nitrogens with two attached hydrogens (primary N) is 4. The lowest BCUT2D eigenvalue weighted by atomic mass is 9.97. The summed E-state index contributed by atoms with van der Waals surface area (Å²) in [6.07, 6.45) is 0. The van der Waals surface area contributed by atoms with E-state index >= 15 is 0 Å². The van der Waals surface area contributed by atoms with E-state index in [2.05, 4.69) is 51.5 Å². The van der Waals surface area contributed by atoms with E-state index in [9.17, 15) is 0 Å². The highest BCUT2D eigenvalue weighted by Crippen LogP contribution is 2.12. The first kappa shape index (κ1) is 26.3. The van der Waals surface area contributed by atoms with E-state index in [-0.39, 0.29) is 22.7 Å². The largest absolute Gasteiger partial charge is 0.394 e. The Kier molecular flexibility index (Phi) is 12.6. The molecule has 0 aromatic rings. The maximum absolute atomic E-state index is 8.74. The van der Waals surface area contributed by atoms with Crippen molar-refractivity contribution in [3.05, 3.63) is 0 Å². The zero-order valence-electron chi connectivity index (χ0n) is 14.7. The number of hydrogen-bond donors (Lipinski definition) is 6. The van der Waals surface area contributed by atoms with Crippen LogP contribution < -0.4 is 22.9 Å². The summed E-state index contributed by atoms with van der Waals surface area (Å²) in [5.74, 6) is 0.342. The van der Waals surface area contributed by atoms with Gasteiger partial charge >= 0.3 is 10.4 Å². The lowest BCUT2D eigenvalue weighted by Gasteiger charge is -2.13. The molecular weight excluding hydrogens is 324 g/mol. The van der Waals surface area contributed by atoms with Gasteiger partial charge in [-0.25, -0.2) is 0 Å². The average Bonchev–Trinajstić information content (AvgIpc) is 2.20. The molecule has 0 rings (SSSR count). The van der Waals surface area contributed by atoms with Crippen LogP contribution in [0.25, 0.3) is 0 Å². The molecule has 0 heterocycles. The molecule has 0 aromatic heterocycles. The van der Waals surface area contributed by atoms with Crippen LogP contribution in [0.3, 0.4) is 0 Å². The molecule has 0 fully saturated rings. The second kappa shape index (κ2) is 11.0. The summed E-state index contributed by atoms with van der Waals surface area (Å²) in [5, 5.41) is 0. The molecule has 0 aliphatic carbocycles. The van der Waals surface area contributed by atoms with Crippen LogP contribution in [-0.2, 0) is 10.4 Å². The molecule has 0 spiro atoms. The van der Waals surface area contributed by atoms with Gasteiger partial charge in [0.2, 0.25) is 0 Å². The third-order valence-corrected chi connectivity index (χ3v) is 1.47. The van der Waals surface area contributed by atoms with E-state index < -0.39 is 10.4 Å². The van der Waals surface area contributed by atoms with Crippen molar-refractivity contribution in [1.82, 2.24) is 0 Å². The molecule has 0 atom stereocenters. The van der Waals surface area contributed by atoms with Crippen LogP contribution in [0.2, 0.25) is 0 Å². The molecule has 0 aliphatic rings. The fourth-order valence-corrected chi connectivity index (χ4v) is 0.657. The Morgan fingerprint density at radius 2 is 0.957 bits per heavy atom. The number of nitrogens with zero attached hydrogens (tertiary/aromatic N) is 2. The molecule has 10 nitrogen and oxygen atoms in total. The monoisotopic (exact) mass is 356 g/mol. The maximum atomic E-state index is 8.74. The van der Waals surface area contributed by atoms with Gasteiger partial charge in [0.25, 0.3) is 0 Å². The maximum Gasteiger partial charge on any atom is 0.394 e. The summed E-state index contributed by atoms with van der Waals surface area (Å²) < 4.78 is 31.6. The predicted octanol–water partition coefficient (Wildman–Crippen LogP) is -0.0410. The third-order valence-electron chi connectivity index (χ3n) is 1.47. The molecule has 11 heteroatoms. The van der Waals surface area contributed by atoms with E-state index in [0.29, 0.717) is 13.1 Å². The molecule has 0 aliphatic heterocycles. The highest BCUT2D eigenvalue weighted by atomic mass is 32.3. The summed E-state index contributed by atoms with van der Waals surface area (Å²) in [5.41, 5.74) is 20.9. The lowest BCUT2D eigenvalue weighted by Crippen LogP contribution is -2.25. The van der Waals surface area contributed by atoms with Crippen molar-refractivity contribution in [3.8, 4) is 0 Å². The number of aliphatic imine (C=N–C) groups is 2. The van der Waals surface area contributed by atoms with Crippen molar-refractivity contribution >= 4 is 22.3 Å². The molecule has 0 amide bonds. The van der Waals surface area contributed by atoms with Crippen molar-refractivity contribution in [2.24, 2.45) is 43.7 Å². The Bertz CT molecular complexity index is 429. The van der Waals surface area contributed by atoms with Crippen LogP contribution >= 0.6 is 0 Å². The van der Waals surface area contributed by atoms with E-state index in [1.54, 1.807) is 0 Å². The van der Waals surface area contributed by atoms with Gasteiger partial charge in [0.15, 0.2) is 11.9 Å². The first-order valence-corrected chi connectivity index (χ1v) is 8.04. The van der Waals surface area contributed by atoms with Gasteiger partial charge in [0, 0.05) is 13.1 Å². The standard InChI is InChI=1S/2C6H15N3.H2O4S/c2*1-6(2,3)4-9-5(7)8;1-5(2,3)4/h2*4H2,1-3H3,(H4,7,8,9);(H2,1,2,3,4). The summed E-state index contributed by atoms with van der Waals surface area (Å²) in [7, 11) is -4.67. The average molecular weight is 356 g/mol. The Balaban J connectivity index is -0.000000273. The van der Waals surface area contributed by atoms with Gasteiger partial charge in [0.1, 0.15) is 0 Å². The SMILES string of the molecule is CC(C)(C)CN=C(N)N.CC(C)(C)CN=C(N)N.O=S(=O)(O)O. The highest BCUT2D eigenvalue weighted by Gasteiger charge is 2.08. The molecule has 0 saturated carbocycles. The van der Waals surface area contributed by atoms with Gasteiger partial charge in [-0.05, 0) is 10.8 Å². The van der Waals surface area contributed by atoms with E-state index in [4.69, 9.17) is 40.5 Å². The van der Waals surface area contributed by atoms with E-state index in [1.165, 1.54) is 0 Å². The van der Waals surface area contributed by atoms with Crippen molar-refractivity contribution in [3.63, 3.8) is 0 Å². The van der Waals surface area contributed by atoms with Gasteiger partial charge < -0.3 is 22.9 Å². The number of hydrogen-bond acceptors (Lipinski definition) is 4. The van der Waals surface area contributed by atoms with Crippen molar-refractivity contribution in [2.75, 3.05) is 13.1 Å². The van der Waals surface area contributed by atoms with Crippen LogP contribution in [0.5, 0.6) is 0 Å². The molecule has 10 N–H and O–H groups in total. The summed E-state index contributed by atoms with van der Waals surface area (Å²) in [4.78, 5) is 7.74. The van der Waals surface area contributed by atoms with Crippen LogP contribution in [-0.4, -0.2) is 42.5 Å². The highest BCUT2D eigenvalue weighted by molar-refractivity contribution is 7.79. The molecular formula is C12H32N6O4S. The smallest absolute Gasteiger partial charge is 0.370 e. The van der Waals surface area contributed by atoms with Gasteiger partial charge in [-0.2, -0.15) is 8.42 Å². The molecule has 23 heavy (non-hydrogen) atoms. The van der Waals surface area contributed by atoms with E-state index in [0.717, 1.165) is 0 Å². The Morgan fingerprint density at radius 3 is 1.00 bits per heavy atom. The Labute approximate surface area is 139 Å². The van der Waals surface area contributed by atoms with Crippen LogP contribution in [0, 0.1) is 10.8 Å². The lowest BCUT2D eigenvalue weighted by molar-refractivity contribution is 0.381. The first-order valence-electron chi connectivity index (χ1n) is 6.64. The second-order valence-electron chi connectivity index (χ2n) is 7.05. The molecule has 0 radical (unpaired) electrons. The summed E-state index contributed by atoms with van der Waals surface area (Å²) in [6, 6.07) is 0. The summed E-state index contributed by atoms with van der Waals surface area (Å²) >= 11 is 0. The van der Waals surface area contributed by atoms with Crippen LogP contribution in [0.15, 0.2) is 9.98 Å². The fourth-order valence-electron chi connectivity index (χ4n) is 0.657. The second-order valence-corrected chi connectivity index (χ2v) is 7.95. The predicted molar refractivity (Wildman–Crippen MR) is 94.4 cm³/mol. The van der Waals surface area contributed by atoms with Gasteiger partial charge in [-0.1, -0.05) is 41.5 Å². The van der Waals surface area contributed by atoms with E-state index in [1.807, 2.05) is 0 Å². The van der Waals surface area contributed by atoms with Crippen molar-refractivity contribution in [2.45, 2.75) is 41.5 Å². The molecule has 0 bridgehead atoms. The van der Waals surface area contributed by atoms with Crippen LogP contribution in [0.4, 0.5) is 0 Å². The normalized spacial score (nSPS) is 11.1. The molecule has 0 unspecified atom stereocenters. The Hall–Kier alpha value is -1.59. The van der Waals surface area contributed by atoms with Gasteiger partial charge in [0.05, 0.1) is 0 Å². The molecule has 0 saturated heterocycles. The van der Waals surface area contributed by atoms with Crippen molar-refractivity contribution in [1.29, 1.82) is 0 Å². The van der Waals surface area contributed by atoms with Crippen LogP contribution in [0.1, 0.15) is 41.5 Å². The zero-order valence-corrected chi connectivity index (χ0v) is 15.6. The minimum atomic E-state index is -4.67. The summed E-state index contributed by atoms with van der Waals surface area (Å²) in [6.45, 7) is 13.9.